The van der Waals surface area contributed by atoms with Crippen LogP contribution in [0, 0.1) is 0 Å². The van der Waals surface area contributed by atoms with Crippen molar-refractivity contribution in [1.29, 1.82) is 0 Å². The summed E-state index contributed by atoms with van der Waals surface area (Å²) in [5.74, 6) is 0.791. The number of hydrogen-bond donors (Lipinski definition) is 2. The van der Waals surface area contributed by atoms with Crippen LogP contribution in [0.4, 0.5) is 5.69 Å². The molecule has 2 heterocycles. The average molecular weight is 395 g/mol. The SMILES string of the molecule is O=S1(=O)NCc2cc(Cl)cc(-c3ccc(OC4CCOCC4)cc3)c2N1. The Morgan fingerprint density at radius 1 is 1.12 bits per heavy atom. The molecule has 1 fully saturated rings. The fourth-order valence-electron chi connectivity index (χ4n) is 3.19. The smallest absolute Gasteiger partial charge is 0.299 e. The lowest BCUT2D eigenvalue weighted by Crippen LogP contribution is -2.34. The van der Waals surface area contributed by atoms with Crippen LogP contribution in [-0.2, 0) is 21.5 Å². The quantitative estimate of drug-likeness (QED) is 0.837. The van der Waals surface area contributed by atoms with Crippen LogP contribution in [0.15, 0.2) is 36.4 Å². The Labute approximate surface area is 157 Å². The van der Waals surface area contributed by atoms with Crippen molar-refractivity contribution in [3.63, 3.8) is 0 Å². The van der Waals surface area contributed by atoms with Gasteiger partial charge < -0.3 is 9.47 Å². The highest BCUT2D eigenvalue weighted by Crippen LogP contribution is 2.37. The molecule has 26 heavy (non-hydrogen) atoms. The maximum Gasteiger partial charge on any atom is 0.299 e. The van der Waals surface area contributed by atoms with Crippen LogP contribution in [0.25, 0.3) is 11.1 Å². The van der Waals surface area contributed by atoms with Gasteiger partial charge in [-0.3, -0.25) is 4.72 Å². The van der Waals surface area contributed by atoms with E-state index in [2.05, 4.69) is 9.44 Å². The molecule has 0 bridgehead atoms. The van der Waals surface area contributed by atoms with E-state index in [1.807, 2.05) is 24.3 Å². The molecule has 2 aromatic rings. The molecular formula is C18H19ClN2O4S. The van der Waals surface area contributed by atoms with Gasteiger partial charge in [-0.1, -0.05) is 23.7 Å². The van der Waals surface area contributed by atoms with Crippen molar-refractivity contribution in [3.05, 3.63) is 47.0 Å². The van der Waals surface area contributed by atoms with Crippen molar-refractivity contribution in [2.24, 2.45) is 0 Å². The van der Waals surface area contributed by atoms with Crippen molar-refractivity contribution in [1.82, 2.24) is 4.72 Å². The fraction of sp³-hybridized carbons (Fsp3) is 0.333. The molecule has 0 saturated carbocycles. The normalized spacial score (nSPS) is 19.4. The Morgan fingerprint density at radius 2 is 1.85 bits per heavy atom. The third kappa shape index (κ3) is 3.81. The van der Waals surface area contributed by atoms with Crippen LogP contribution in [0.2, 0.25) is 5.02 Å². The van der Waals surface area contributed by atoms with Gasteiger partial charge >= 0.3 is 0 Å². The van der Waals surface area contributed by atoms with Crippen molar-refractivity contribution >= 4 is 27.5 Å². The molecule has 2 aliphatic rings. The molecule has 1 saturated heterocycles. The Balaban J connectivity index is 1.62. The highest BCUT2D eigenvalue weighted by molar-refractivity contribution is 7.90. The Morgan fingerprint density at radius 3 is 2.58 bits per heavy atom. The number of benzene rings is 2. The molecule has 2 aromatic carbocycles. The van der Waals surface area contributed by atoms with Gasteiger partial charge in [0, 0.05) is 30.0 Å². The van der Waals surface area contributed by atoms with E-state index in [1.54, 1.807) is 12.1 Å². The Hall–Kier alpha value is -1.80. The van der Waals surface area contributed by atoms with E-state index < -0.39 is 10.2 Å². The first-order chi connectivity index (χ1) is 12.5. The molecule has 2 N–H and O–H groups in total. The maximum absolute atomic E-state index is 11.9. The molecule has 8 heteroatoms. The van der Waals surface area contributed by atoms with Gasteiger partial charge in [-0.2, -0.15) is 13.1 Å². The van der Waals surface area contributed by atoms with E-state index in [1.165, 1.54) is 0 Å². The molecule has 0 unspecified atom stereocenters. The zero-order valence-electron chi connectivity index (χ0n) is 14.0. The molecule has 0 aromatic heterocycles. The molecule has 0 atom stereocenters. The number of nitrogens with one attached hydrogen (secondary N) is 2. The number of halogens is 1. The summed E-state index contributed by atoms with van der Waals surface area (Å²) in [6.45, 7) is 1.67. The van der Waals surface area contributed by atoms with Gasteiger partial charge in [-0.25, -0.2) is 0 Å². The molecule has 2 aliphatic heterocycles. The van der Waals surface area contributed by atoms with Gasteiger partial charge in [-0.15, -0.1) is 0 Å². The minimum Gasteiger partial charge on any atom is -0.490 e. The van der Waals surface area contributed by atoms with Crippen molar-refractivity contribution < 1.29 is 17.9 Å². The Bertz CT molecular complexity index is 910. The highest BCUT2D eigenvalue weighted by Gasteiger charge is 2.23. The Kier molecular flexibility index (Phi) is 4.79. The van der Waals surface area contributed by atoms with Crippen molar-refractivity contribution in [2.45, 2.75) is 25.5 Å². The zero-order chi connectivity index (χ0) is 18.1. The molecule has 0 spiro atoms. The summed E-state index contributed by atoms with van der Waals surface area (Å²) in [5, 5.41) is 0.559. The summed E-state index contributed by atoms with van der Waals surface area (Å²) in [6.07, 6.45) is 1.95. The van der Waals surface area contributed by atoms with Crippen LogP contribution in [0.5, 0.6) is 5.75 Å². The summed E-state index contributed by atoms with van der Waals surface area (Å²) in [6, 6.07) is 11.1. The van der Waals surface area contributed by atoms with E-state index in [9.17, 15) is 8.42 Å². The van der Waals surface area contributed by atoms with Crippen molar-refractivity contribution in [2.75, 3.05) is 17.9 Å². The summed E-state index contributed by atoms with van der Waals surface area (Å²) < 4.78 is 40.1. The van der Waals surface area contributed by atoms with Crippen LogP contribution in [0.1, 0.15) is 18.4 Å². The van der Waals surface area contributed by atoms with Crippen LogP contribution < -0.4 is 14.2 Å². The van der Waals surface area contributed by atoms with Crippen molar-refractivity contribution in [3.8, 4) is 16.9 Å². The third-order valence-electron chi connectivity index (χ3n) is 4.51. The number of ether oxygens (including phenoxy) is 2. The largest absolute Gasteiger partial charge is 0.490 e. The topological polar surface area (TPSA) is 76.7 Å². The number of rotatable bonds is 3. The molecule has 4 rings (SSSR count). The predicted molar refractivity (Wildman–Crippen MR) is 101 cm³/mol. The van der Waals surface area contributed by atoms with Gasteiger partial charge in [-0.05, 0) is 35.4 Å². The second-order valence-electron chi connectivity index (χ2n) is 6.37. The summed E-state index contributed by atoms with van der Waals surface area (Å²) in [5.41, 5.74) is 2.99. The third-order valence-corrected chi connectivity index (χ3v) is 5.73. The monoisotopic (exact) mass is 394 g/mol. The average Bonchev–Trinajstić information content (AvgIpc) is 2.63. The molecule has 6 nitrogen and oxygen atoms in total. The molecule has 0 aliphatic carbocycles. The molecule has 0 amide bonds. The van der Waals surface area contributed by atoms with E-state index in [0.29, 0.717) is 10.7 Å². The first-order valence-corrected chi connectivity index (χ1v) is 10.3. The van der Waals surface area contributed by atoms with Crippen LogP contribution in [-0.4, -0.2) is 27.7 Å². The number of hydrogen-bond acceptors (Lipinski definition) is 4. The second-order valence-corrected chi connectivity index (χ2v) is 8.30. The van der Waals surface area contributed by atoms with E-state index in [-0.39, 0.29) is 12.6 Å². The minimum absolute atomic E-state index is 0.173. The standard InChI is InChI=1S/C18H19ClN2O4S/c19-14-9-13-11-20-26(22,23)21-18(13)17(10-14)12-1-3-15(4-2-12)25-16-5-7-24-8-6-16/h1-4,9-10,16,20-21H,5-8,11H2. The fourth-order valence-corrected chi connectivity index (χ4v) is 4.36. The van der Waals surface area contributed by atoms with Gasteiger partial charge in [0.25, 0.3) is 10.2 Å². The zero-order valence-corrected chi connectivity index (χ0v) is 15.6. The molecule has 0 radical (unpaired) electrons. The van der Waals surface area contributed by atoms with Crippen LogP contribution >= 0.6 is 11.6 Å². The highest BCUT2D eigenvalue weighted by atomic mass is 35.5. The van der Waals surface area contributed by atoms with Gasteiger partial charge in [0.15, 0.2) is 0 Å². The van der Waals surface area contributed by atoms with Gasteiger partial charge in [0.1, 0.15) is 11.9 Å². The maximum atomic E-state index is 11.9. The van der Waals surface area contributed by atoms with E-state index in [4.69, 9.17) is 21.1 Å². The van der Waals surface area contributed by atoms with E-state index in [0.717, 1.165) is 48.5 Å². The summed E-state index contributed by atoms with van der Waals surface area (Å²) in [7, 11) is -3.55. The van der Waals surface area contributed by atoms with Gasteiger partial charge in [0.05, 0.1) is 18.9 Å². The number of fused-ring (bicyclic) bond motifs is 1. The summed E-state index contributed by atoms with van der Waals surface area (Å²) in [4.78, 5) is 0. The lowest BCUT2D eigenvalue weighted by molar-refractivity contribution is 0.0256. The molecular weight excluding hydrogens is 376 g/mol. The number of anilines is 1. The van der Waals surface area contributed by atoms with Gasteiger partial charge in [0.2, 0.25) is 0 Å². The second kappa shape index (κ2) is 7.08. The molecule has 138 valence electrons. The lowest BCUT2D eigenvalue weighted by atomic mass is 10.00. The lowest BCUT2D eigenvalue weighted by Gasteiger charge is -2.24. The first kappa shape index (κ1) is 17.6. The van der Waals surface area contributed by atoms with Crippen LogP contribution in [0.3, 0.4) is 0 Å². The minimum atomic E-state index is -3.55. The predicted octanol–water partition coefficient (Wildman–Crippen LogP) is 3.32. The van der Waals surface area contributed by atoms with E-state index >= 15 is 0 Å². The first-order valence-electron chi connectivity index (χ1n) is 8.45. The summed E-state index contributed by atoms with van der Waals surface area (Å²) >= 11 is 6.22.